The Morgan fingerprint density at radius 3 is 1.49 bits per heavy atom. The van der Waals surface area contributed by atoms with Crippen LogP contribution in [0.3, 0.4) is 0 Å². The Balaban J connectivity index is 1.82. The Hall–Kier alpha value is -4.74. The summed E-state index contributed by atoms with van der Waals surface area (Å²) in [7, 11) is 0. The smallest absolute Gasteiger partial charge is 0.328 e. The van der Waals surface area contributed by atoms with Crippen LogP contribution in [0.5, 0.6) is 5.75 Å². The summed E-state index contributed by atoms with van der Waals surface area (Å²) in [6, 6.07) is 19.1. The molecule has 0 saturated carbocycles. The van der Waals surface area contributed by atoms with Gasteiger partial charge in [-0.1, -0.05) is 72.8 Å². The first kappa shape index (κ1) is 30.8. The van der Waals surface area contributed by atoms with E-state index in [0.29, 0.717) is 11.1 Å². The van der Waals surface area contributed by atoms with Gasteiger partial charge in [0.25, 0.3) is 0 Å². The predicted molar refractivity (Wildman–Crippen MR) is 151 cm³/mol. The van der Waals surface area contributed by atoms with Gasteiger partial charge in [-0.25, -0.2) is 4.79 Å². The normalized spacial score (nSPS) is 13.7. The monoisotopic (exact) mass is 562 g/mol. The highest BCUT2D eigenvalue weighted by Crippen LogP contribution is 2.13. The molecule has 4 atom stereocenters. The van der Waals surface area contributed by atoms with Crippen LogP contribution >= 0.6 is 0 Å². The molecule has 0 fully saturated rings. The Labute approximate surface area is 237 Å². The lowest BCUT2D eigenvalue weighted by molar-refractivity contribution is -0.143. The number of aliphatic hydroxyl groups excluding tert-OH is 1. The summed E-state index contributed by atoms with van der Waals surface area (Å²) in [4.78, 5) is 51.1. The van der Waals surface area contributed by atoms with Crippen LogP contribution in [0.1, 0.15) is 16.7 Å². The second kappa shape index (κ2) is 15.2. The van der Waals surface area contributed by atoms with Crippen molar-refractivity contribution >= 4 is 23.7 Å². The number of aliphatic hydroxyl groups is 1. The zero-order valence-electron chi connectivity index (χ0n) is 22.3. The molecule has 11 nitrogen and oxygen atoms in total. The molecule has 0 aromatic heterocycles. The molecule has 0 saturated heterocycles. The molecule has 0 bridgehead atoms. The van der Waals surface area contributed by atoms with E-state index >= 15 is 0 Å². The Morgan fingerprint density at radius 1 is 0.610 bits per heavy atom. The molecular formula is C30H34N4O7. The first-order valence-corrected chi connectivity index (χ1v) is 13.0. The first-order valence-electron chi connectivity index (χ1n) is 13.0. The van der Waals surface area contributed by atoms with Gasteiger partial charge in [-0.2, -0.15) is 0 Å². The van der Waals surface area contributed by atoms with Crippen molar-refractivity contribution in [2.24, 2.45) is 5.73 Å². The summed E-state index contributed by atoms with van der Waals surface area (Å²) in [5, 5.41) is 35.8. The molecule has 0 radical (unpaired) electrons. The molecule has 3 aromatic carbocycles. The van der Waals surface area contributed by atoms with Gasteiger partial charge >= 0.3 is 5.97 Å². The van der Waals surface area contributed by atoms with E-state index in [1.165, 1.54) is 12.1 Å². The maximum Gasteiger partial charge on any atom is 0.328 e. The number of phenols is 1. The molecule has 11 heteroatoms. The molecule has 3 amide bonds. The maximum atomic E-state index is 13.6. The standard InChI is InChI=1S/C30H34N4O7/c31-23(15-19-7-3-1-4-8-19)27(37)32-24(17-21-11-13-22(36)14-12-21)28(38)33-25(16-20-9-5-2-6-10-20)29(39)34-26(18-35)30(40)41/h1-14,23-26,35-36H,15-18,31H2,(H,32,37)(H,33,38)(H,34,39)(H,40,41). The zero-order chi connectivity index (χ0) is 29.8. The number of hydrogen-bond acceptors (Lipinski definition) is 7. The molecule has 4 unspecified atom stereocenters. The number of nitrogens with one attached hydrogen (secondary N) is 3. The molecule has 0 aliphatic rings. The Bertz CT molecular complexity index is 1300. The minimum absolute atomic E-state index is 0.0174. The molecule has 0 aliphatic heterocycles. The van der Waals surface area contributed by atoms with Crippen molar-refractivity contribution in [1.29, 1.82) is 0 Å². The molecule has 3 rings (SSSR count). The van der Waals surface area contributed by atoms with Crippen molar-refractivity contribution in [2.75, 3.05) is 6.61 Å². The van der Waals surface area contributed by atoms with E-state index in [1.807, 2.05) is 30.3 Å². The highest BCUT2D eigenvalue weighted by molar-refractivity contribution is 5.94. The summed E-state index contributed by atoms with van der Waals surface area (Å²) in [5.41, 5.74) is 8.29. The molecule has 3 aromatic rings. The Kier molecular flexibility index (Phi) is 11.4. The second-order valence-electron chi connectivity index (χ2n) is 9.56. The van der Waals surface area contributed by atoms with Crippen molar-refractivity contribution in [3.8, 4) is 5.75 Å². The average Bonchev–Trinajstić information content (AvgIpc) is 2.96. The summed E-state index contributed by atoms with van der Waals surface area (Å²) >= 11 is 0. The van der Waals surface area contributed by atoms with E-state index in [9.17, 15) is 34.5 Å². The topological polar surface area (TPSA) is 191 Å². The summed E-state index contributed by atoms with van der Waals surface area (Å²) in [5.74, 6) is -3.51. The number of carbonyl (C=O) groups excluding carboxylic acids is 3. The zero-order valence-corrected chi connectivity index (χ0v) is 22.3. The maximum absolute atomic E-state index is 13.6. The quantitative estimate of drug-likeness (QED) is 0.146. The number of hydrogen-bond donors (Lipinski definition) is 7. The van der Waals surface area contributed by atoms with E-state index in [-0.39, 0.29) is 25.0 Å². The van der Waals surface area contributed by atoms with E-state index in [2.05, 4.69) is 16.0 Å². The number of amides is 3. The first-order chi connectivity index (χ1) is 19.7. The van der Waals surface area contributed by atoms with Gasteiger partial charge in [0, 0.05) is 12.8 Å². The van der Waals surface area contributed by atoms with E-state index in [4.69, 9.17) is 5.73 Å². The van der Waals surface area contributed by atoms with Crippen LogP contribution < -0.4 is 21.7 Å². The fraction of sp³-hybridized carbons (Fsp3) is 0.267. The summed E-state index contributed by atoms with van der Waals surface area (Å²) in [6.45, 7) is -0.841. The van der Waals surface area contributed by atoms with Crippen LogP contribution in [0.2, 0.25) is 0 Å². The van der Waals surface area contributed by atoms with Crippen molar-refractivity contribution in [3.63, 3.8) is 0 Å². The number of carboxylic acid groups (broad SMARTS) is 1. The number of benzene rings is 3. The molecule has 0 heterocycles. The van der Waals surface area contributed by atoms with Gasteiger partial charge in [-0.3, -0.25) is 14.4 Å². The van der Waals surface area contributed by atoms with Gasteiger partial charge in [0.05, 0.1) is 12.6 Å². The highest BCUT2D eigenvalue weighted by Gasteiger charge is 2.30. The van der Waals surface area contributed by atoms with Gasteiger partial charge in [0.2, 0.25) is 17.7 Å². The van der Waals surface area contributed by atoms with Crippen LogP contribution in [0.15, 0.2) is 84.9 Å². The van der Waals surface area contributed by atoms with E-state index in [0.717, 1.165) is 5.56 Å². The third-order valence-corrected chi connectivity index (χ3v) is 6.36. The lowest BCUT2D eigenvalue weighted by Gasteiger charge is -2.25. The lowest BCUT2D eigenvalue weighted by atomic mass is 10.0. The number of carboxylic acids is 1. The minimum atomic E-state index is -1.57. The van der Waals surface area contributed by atoms with Crippen molar-refractivity contribution in [3.05, 3.63) is 102 Å². The molecule has 8 N–H and O–H groups in total. The largest absolute Gasteiger partial charge is 0.508 e. The second-order valence-corrected chi connectivity index (χ2v) is 9.56. The van der Waals surface area contributed by atoms with Crippen molar-refractivity contribution < 1.29 is 34.5 Å². The molecule has 216 valence electrons. The van der Waals surface area contributed by atoms with Gasteiger partial charge < -0.3 is 37.0 Å². The predicted octanol–water partition coefficient (Wildman–Crippen LogP) is 0.279. The van der Waals surface area contributed by atoms with Crippen LogP contribution in [0.4, 0.5) is 0 Å². The molecule has 41 heavy (non-hydrogen) atoms. The van der Waals surface area contributed by atoms with Crippen LogP contribution in [0, 0.1) is 0 Å². The number of phenolic OH excluding ortho intramolecular Hbond substituents is 1. The van der Waals surface area contributed by atoms with E-state index in [1.54, 1.807) is 42.5 Å². The van der Waals surface area contributed by atoms with Gasteiger partial charge in [-0.05, 0) is 35.2 Å². The molecule has 0 aliphatic carbocycles. The SMILES string of the molecule is NC(Cc1ccccc1)C(=O)NC(Cc1ccc(O)cc1)C(=O)NC(Cc1ccccc1)C(=O)NC(CO)C(=O)O. The van der Waals surface area contributed by atoms with Gasteiger partial charge in [-0.15, -0.1) is 0 Å². The number of aliphatic carboxylic acids is 1. The van der Waals surface area contributed by atoms with Crippen molar-refractivity contribution in [2.45, 2.75) is 43.4 Å². The third kappa shape index (κ3) is 9.75. The highest BCUT2D eigenvalue weighted by atomic mass is 16.4. The van der Waals surface area contributed by atoms with Gasteiger partial charge in [0.1, 0.15) is 23.9 Å². The number of aromatic hydroxyl groups is 1. The van der Waals surface area contributed by atoms with Crippen LogP contribution in [0.25, 0.3) is 0 Å². The Morgan fingerprint density at radius 2 is 1.02 bits per heavy atom. The van der Waals surface area contributed by atoms with Crippen LogP contribution in [-0.2, 0) is 38.4 Å². The molecular weight excluding hydrogens is 528 g/mol. The molecule has 0 spiro atoms. The lowest BCUT2D eigenvalue weighted by Crippen LogP contribution is -2.58. The number of nitrogens with two attached hydrogens (primary N) is 1. The van der Waals surface area contributed by atoms with E-state index < -0.39 is 54.5 Å². The fourth-order valence-electron chi connectivity index (χ4n) is 4.11. The fourth-order valence-corrected chi connectivity index (χ4v) is 4.11. The summed E-state index contributed by atoms with van der Waals surface area (Å²) < 4.78 is 0. The minimum Gasteiger partial charge on any atom is -0.508 e. The number of carbonyl (C=O) groups is 4. The van der Waals surface area contributed by atoms with Gasteiger partial charge in [0.15, 0.2) is 0 Å². The van der Waals surface area contributed by atoms with Crippen LogP contribution in [-0.4, -0.2) is 69.8 Å². The summed E-state index contributed by atoms with van der Waals surface area (Å²) in [6.07, 6.45) is 0.268. The number of rotatable bonds is 14. The van der Waals surface area contributed by atoms with Crippen molar-refractivity contribution in [1.82, 2.24) is 16.0 Å². The average molecular weight is 563 g/mol. The third-order valence-electron chi connectivity index (χ3n) is 6.36.